The van der Waals surface area contributed by atoms with Crippen molar-refractivity contribution in [2.24, 2.45) is 0 Å². The van der Waals surface area contributed by atoms with Gasteiger partial charge in [-0.15, -0.1) is 11.3 Å². The predicted octanol–water partition coefficient (Wildman–Crippen LogP) is 9.23. The summed E-state index contributed by atoms with van der Waals surface area (Å²) in [5.41, 5.74) is 8.38. The highest BCUT2D eigenvalue weighted by Gasteiger charge is 2.15. The van der Waals surface area contributed by atoms with Gasteiger partial charge < -0.3 is 4.42 Å². The van der Waals surface area contributed by atoms with Gasteiger partial charge in [0.15, 0.2) is 5.58 Å². The summed E-state index contributed by atoms with van der Waals surface area (Å²) in [6, 6.07) is 33.9. The summed E-state index contributed by atoms with van der Waals surface area (Å²) in [6.07, 6.45) is 3.90. The lowest BCUT2D eigenvalue weighted by molar-refractivity contribution is 0.673. The van der Waals surface area contributed by atoms with Crippen LogP contribution in [0.15, 0.2) is 114 Å². The fourth-order valence-electron chi connectivity index (χ4n) is 5.07. The first-order valence-electron chi connectivity index (χ1n) is 11.9. The molecule has 0 atom stereocenters. The fourth-order valence-corrected chi connectivity index (χ4v) is 6.27. The molecular formula is C32H18N2OS. The number of para-hydroxylation sites is 2. The number of furan rings is 1. The molecule has 0 unspecified atom stereocenters. The Hall–Kier alpha value is -4.54. The molecule has 0 amide bonds. The molecule has 0 bridgehead atoms. The van der Waals surface area contributed by atoms with Crippen molar-refractivity contribution in [2.75, 3.05) is 0 Å². The van der Waals surface area contributed by atoms with E-state index in [9.17, 15) is 0 Å². The Labute approximate surface area is 210 Å². The first kappa shape index (κ1) is 19.7. The fraction of sp³-hybridized carbons (Fsp3) is 0. The molecule has 0 N–H and O–H groups in total. The van der Waals surface area contributed by atoms with E-state index in [1.807, 2.05) is 42.7 Å². The average molecular weight is 479 g/mol. The van der Waals surface area contributed by atoms with E-state index < -0.39 is 0 Å². The summed E-state index contributed by atoms with van der Waals surface area (Å²) in [6.45, 7) is 0. The summed E-state index contributed by atoms with van der Waals surface area (Å²) in [5.74, 6) is 0. The van der Waals surface area contributed by atoms with Gasteiger partial charge in [-0.2, -0.15) is 0 Å². The molecule has 0 aliphatic heterocycles. The number of pyridine rings is 2. The Kier molecular flexibility index (Phi) is 4.10. The Morgan fingerprint density at radius 1 is 0.556 bits per heavy atom. The van der Waals surface area contributed by atoms with Gasteiger partial charge in [-0.05, 0) is 59.7 Å². The zero-order chi connectivity index (χ0) is 23.6. The van der Waals surface area contributed by atoms with Gasteiger partial charge in [-0.1, -0.05) is 48.5 Å². The lowest BCUT2D eigenvalue weighted by Crippen LogP contribution is -1.82. The van der Waals surface area contributed by atoms with Gasteiger partial charge in [0.1, 0.15) is 5.58 Å². The average Bonchev–Trinajstić information content (AvgIpc) is 3.47. The van der Waals surface area contributed by atoms with Crippen LogP contribution < -0.4 is 0 Å². The van der Waals surface area contributed by atoms with Crippen LogP contribution in [-0.2, 0) is 0 Å². The molecule has 0 spiro atoms. The molecule has 4 aromatic heterocycles. The highest BCUT2D eigenvalue weighted by atomic mass is 32.1. The maximum atomic E-state index is 6.44. The molecule has 0 radical (unpaired) electrons. The summed E-state index contributed by atoms with van der Waals surface area (Å²) < 4.78 is 8.85. The van der Waals surface area contributed by atoms with Crippen molar-refractivity contribution >= 4 is 64.5 Å². The minimum absolute atomic E-state index is 0.909. The molecule has 8 rings (SSSR count). The van der Waals surface area contributed by atoms with E-state index in [0.717, 1.165) is 60.4 Å². The van der Waals surface area contributed by atoms with Gasteiger partial charge in [0, 0.05) is 49.8 Å². The van der Waals surface area contributed by atoms with Gasteiger partial charge >= 0.3 is 0 Å². The second-order valence-corrected chi connectivity index (χ2v) is 10.2. The van der Waals surface area contributed by atoms with Crippen molar-refractivity contribution in [3.8, 4) is 22.3 Å². The summed E-state index contributed by atoms with van der Waals surface area (Å²) in [7, 11) is 0. The first-order chi connectivity index (χ1) is 17.8. The lowest BCUT2D eigenvalue weighted by atomic mass is 10.0. The van der Waals surface area contributed by atoms with E-state index >= 15 is 0 Å². The van der Waals surface area contributed by atoms with Crippen molar-refractivity contribution in [3.05, 3.63) is 109 Å². The van der Waals surface area contributed by atoms with Crippen LogP contribution in [0.2, 0.25) is 0 Å². The summed E-state index contributed by atoms with van der Waals surface area (Å²) in [5, 5.41) is 4.59. The Morgan fingerprint density at radius 2 is 1.17 bits per heavy atom. The van der Waals surface area contributed by atoms with Crippen LogP contribution in [0.25, 0.3) is 75.4 Å². The van der Waals surface area contributed by atoms with Crippen LogP contribution in [0.4, 0.5) is 0 Å². The minimum atomic E-state index is 0.909. The molecule has 168 valence electrons. The van der Waals surface area contributed by atoms with E-state index in [0.29, 0.717) is 0 Å². The van der Waals surface area contributed by atoms with E-state index in [1.54, 1.807) is 11.3 Å². The third-order valence-corrected chi connectivity index (χ3v) is 8.10. The quantitative estimate of drug-likeness (QED) is 0.248. The van der Waals surface area contributed by atoms with Gasteiger partial charge in [0.2, 0.25) is 0 Å². The number of fused-ring (bicyclic) bond motifs is 7. The highest BCUT2D eigenvalue weighted by Crippen LogP contribution is 2.43. The second kappa shape index (κ2) is 7.48. The Morgan fingerprint density at radius 3 is 1.86 bits per heavy atom. The third-order valence-electron chi connectivity index (χ3n) is 6.93. The van der Waals surface area contributed by atoms with Crippen LogP contribution in [0, 0.1) is 0 Å². The smallest absolute Gasteiger partial charge is 0.154 e. The molecule has 0 aliphatic carbocycles. The van der Waals surface area contributed by atoms with Crippen LogP contribution >= 0.6 is 11.3 Å². The van der Waals surface area contributed by atoms with E-state index in [1.165, 1.54) is 15.0 Å². The third kappa shape index (κ3) is 2.98. The number of thiophene rings is 1. The number of hydrogen-bond acceptors (Lipinski definition) is 4. The number of benzene rings is 4. The molecule has 36 heavy (non-hydrogen) atoms. The van der Waals surface area contributed by atoms with Crippen molar-refractivity contribution in [1.82, 2.24) is 9.97 Å². The van der Waals surface area contributed by atoms with E-state index in [2.05, 4.69) is 76.7 Å². The van der Waals surface area contributed by atoms with Gasteiger partial charge in [-0.3, -0.25) is 9.97 Å². The Bertz CT molecular complexity index is 1970. The molecule has 8 aromatic rings. The largest absolute Gasteiger partial charge is 0.454 e. The highest BCUT2D eigenvalue weighted by molar-refractivity contribution is 7.26. The van der Waals surface area contributed by atoms with Crippen LogP contribution in [0.3, 0.4) is 0 Å². The zero-order valence-corrected chi connectivity index (χ0v) is 19.9. The van der Waals surface area contributed by atoms with Crippen LogP contribution in [-0.4, -0.2) is 9.97 Å². The maximum Gasteiger partial charge on any atom is 0.154 e. The van der Waals surface area contributed by atoms with Crippen molar-refractivity contribution in [2.45, 2.75) is 0 Å². The van der Waals surface area contributed by atoms with Crippen molar-refractivity contribution in [3.63, 3.8) is 0 Å². The molecule has 0 aliphatic rings. The maximum absolute atomic E-state index is 6.44. The lowest BCUT2D eigenvalue weighted by Gasteiger charge is -2.04. The molecule has 0 fully saturated rings. The molecule has 0 saturated carbocycles. The SMILES string of the molecule is c1ccc2ncc(-c3ccc4c(c3)oc3c5ccc(-c6cnc7ccccc7c6)cc5sc43)cc2c1. The van der Waals surface area contributed by atoms with Crippen LogP contribution in [0.5, 0.6) is 0 Å². The number of hydrogen-bond donors (Lipinski definition) is 0. The van der Waals surface area contributed by atoms with E-state index in [-0.39, 0.29) is 0 Å². The normalized spacial score (nSPS) is 11.9. The monoisotopic (exact) mass is 478 g/mol. The standard InChI is InChI=1S/C32H18N2OS/c1-3-7-27-21(5-1)13-23(17-33-27)19-9-11-25-29(15-19)35-31-26-12-10-20(16-30(26)36-32(25)31)24-14-22-6-2-4-8-28(22)34-18-24/h1-18H. The van der Waals surface area contributed by atoms with Crippen molar-refractivity contribution in [1.29, 1.82) is 0 Å². The molecule has 4 heteroatoms. The number of aromatic nitrogens is 2. The van der Waals surface area contributed by atoms with Gasteiger partial charge in [0.25, 0.3) is 0 Å². The molecule has 0 saturated heterocycles. The van der Waals surface area contributed by atoms with Crippen molar-refractivity contribution < 1.29 is 4.42 Å². The molecule has 4 aromatic carbocycles. The Balaban J connectivity index is 1.23. The second-order valence-electron chi connectivity index (χ2n) is 9.12. The minimum Gasteiger partial charge on any atom is -0.454 e. The molecule has 3 nitrogen and oxygen atoms in total. The summed E-state index contributed by atoms with van der Waals surface area (Å²) >= 11 is 1.79. The van der Waals surface area contributed by atoms with Crippen LogP contribution in [0.1, 0.15) is 0 Å². The van der Waals surface area contributed by atoms with Gasteiger partial charge in [0.05, 0.1) is 15.7 Å². The van der Waals surface area contributed by atoms with Gasteiger partial charge in [-0.25, -0.2) is 0 Å². The predicted molar refractivity (Wildman–Crippen MR) is 151 cm³/mol. The zero-order valence-electron chi connectivity index (χ0n) is 19.1. The molecule has 4 heterocycles. The number of rotatable bonds is 2. The first-order valence-corrected chi connectivity index (χ1v) is 12.7. The van der Waals surface area contributed by atoms with E-state index in [4.69, 9.17) is 4.42 Å². The number of nitrogens with zero attached hydrogens (tertiary/aromatic N) is 2. The summed E-state index contributed by atoms with van der Waals surface area (Å²) in [4.78, 5) is 9.27. The molecular weight excluding hydrogens is 460 g/mol. The topological polar surface area (TPSA) is 38.9 Å².